The molecule has 0 fully saturated rings. The third kappa shape index (κ3) is 6.45. The minimum atomic E-state index is -0.930. The summed E-state index contributed by atoms with van der Waals surface area (Å²) in [6.07, 6.45) is -0.633. The standard InChI is InChI=1S/C18H26N2O5/c1-12-7-9-13(10-8-12)15(16(22)19-11-14(21)24-6)20(5)17(23)25-18(2,3)4/h7-10,15H,11H2,1-6H3,(H,19,22)/t15-/m0/s1. The van der Waals surface area contributed by atoms with E-state index in [9.17, 15) is 14.4 Å². The van der Waals surface area contributed by atoms with E-state index in [0.29, 0.717) is 5.56 Å². The van der Waals surface area contributed by atoms with Gasteiger partial charge in [0.1, 0.15) is 18.2 Å². The van der Waals surface area contributed by atoms with E-state index in [-0.39, 0.29) is 6.54 Å². The smallest absolute Gasteiger partial charge is 0.410 e. The molecule has 1 aromatic rings. The molecule has 7 heteroatoms. The molecule has 1 atom stereocenters. The van der Waals surface area contributed by atoms with Gasteiger partial charge in [-0.2, -0.15) is 0 Å². The quantitative estimate of drug-likeness (QED) is 0.823. The Balaban J connectivity index is 3.05. The van der Waals surface area contributed by atoms with E-state index in [1.54, 1.807) is 32.9 Å². The number of likely N-dealkylation sites (N-methyl/N-ethyl adjacent to an activating group) is 1. The number of methoxy groups -OCH3 is 1. The molecule has 0 bridgehead atoms. The topological polar surface area (TPSA) is 84.9 Å². The third-order valence-corrected chi connectivity index (χ3v) is 3.34. The van der Waals surface area contributed by atoms with Crippen LogP contribution in [-0.4, -0.2) is 49.2 Å². The third-order valence-electron chi connectivity index (χ3n) is 3.34. The molecule has 1 rings (SSSR count). The molecule has 0 aliphatic rings. The number of nitrogens with one attached hydrogen (secondary N) is 1. The number of hydrogen-bond donors (Lipinski definition) is 1. The SMILES string of the molecule is COC(=O)CNC(=O)[C@H](c1ccc(C)cc1)N(C)C(=O)OC(C)(C)C. The first-order valence-electron chi connectivity index (χ1n) is 7.92. The lowest BCUT2D eigenvalue weighted by atomic mass is 10.0. The first-order valence-corrected chi connectivity index (χ1v) is 7.92. The number of ether oxygens (including phenoxy) is 2. The molecule has 0 spiro atoms. The van der Waals surface area contributed by atoms with Crippen LogP contribution in [-0.2, 0) is 19.1 Å². The van der Waals surface area contributed by atoms with Gasteiger partial charge in [-0.25, -0.2) is 4.79 Å². The van der Waals surface area contributed by atoms with Gasteiger partial charge in [0.05, 0.1) is 7.11 Å². The molecule has 0 saturated heterocycles. The van der Waals surface area contributed by atoms with Crippen LogP contribution >= 0.6 is 0 Å². The second-order valence-corrected chi connectivity index (χ2v) is 6.70. The van der Waals surface area contributed by atoms with Crippen LogP contribution in [0.5, 0.6) is 0 Å². The fourth-order valence-corrected chi connectivity index (χ4v) is 2.07. The summed E-state index contributed by atoms with van der Waals surface area (Å²) < 4.78 is 9.85. The van der Waals surface area contributed by atoms with Crippen molar-refractivity contribution >= 4 is 18.0 Å². The van der Waals surface area contributed by atoms with Gasteiger partial charge in [-0.05, 0) is 33.3 Å². The van der Waals surface area contributed by atoms with Crippen molar-refractivity contribution in [3.05, 3.63) is 35.4 Å². The Kier molecular flexibility index (Phi) is 6.97. The molecular formula is C18H26N2O5. The Hall–Kier alpha value is -2.57. The van der Waals surface area contributed by atoms with Gasteiger partial charge in [-0.1, -0.05) is 29.8 Å². The van der Waals surface area contributed by atoms with Crippen molar-refractivity contribution in [1.82, 2.24) is 10.2 Å². The highest BCUT2D eigenvalue weighted by atomic mass is 16.6. The van der Waals surface area contributed by atoms with Crippen molar-refractivity contribution in [1.29, 1.82) is 0 Å². The van der Waals surface area contributed by atoms with E-state index in [0.717, 1.165) is 5.56 Å². The summed E-state index contributed by atoms with van der Waals surface area (Å²) in [4.78, 5) is 37.4. The van der Waals surface area contributed by atoms with Crippen LogP contribution in [0.3, 0.4) is 0 Å². The van der Waals surface area contributed by atoms with Crippen molar-refractivity contribution in [2.45, 2.75) is 39.3 Å². The van der Waals surface area contributed by atoms with Crippen molar-refractivity contribution in [3.63, 3.8) is 0 Å². The van der Waals surface area contributed by atoms with Crippen LogP contribution in [0.25, 0.3) is 0 Å². The molecule has 0 unspecified atom stereocenters. The van der Waals surface area contributed by atoms with E-state index in [2.05, 4.69) is 10.1 Å². The number of carbonyl (C=O) groups is 3. The lowest BCUT2D eigenvalue weighted by Crippen LogP contribution is -2.44. The fourth-order valence-electron chi connectivity index (χ4n) is 2.07. The second-order valence-electron chi connectivity index (χ2n) is 6.70. The maximum Gasteiger partial charge on any atom is 0.410 e. The molecule has 7 nitrogen and oxygen atoms in total. The molecule has 0 aromatic heterocycles. The maximum atomic E-state index is 12.6. The summed E-state index contributed by atoms with van der Waals surface area (Å²) in [5.74, 6) is -1.07. The van der Waals surface area contributed by atoms with Crippen LogP contribution in [0, 0.1) is 6.92 Å². The Bertz CT molecular complexity index is 619. The Morgan fingerprint density at radius 2 is 1.72 bits per heavy atom. The Morgan fingerprint density at radius 3 is 2.20 bits per heavy atom. The van der Waals surface area contributed by atoms with Crippen LogP contribution in [0.2, 0.25) is 0 Å². The molecule has 138 valence electrons. The predicted molar refractivity (Wildman–Crippen MR) is 92.9 cm³/mol. The summed E-state index contributed by atoms with van der Waals surface area (Å²) in [5.41, 5.74) is 0.949. The first-order chi connectivity index (χ1) is 11.5. The average molecular weight is 350 g/mol. The molecule has 1 N–H and O–H groups in total. The van der Waals surface area contributed by atoms with Crippen LogP contribution in [0.15, 0.2) is 24.3 Å². The number of aryl methyl sites for hydroxylation is 1. The number of amides is 2. The molecule has 0 heterocycles. The highest BCUT2D eigenvalue weighted by molar-refractivity contribution is 5.89. The minimum Gasteiger partial charge on any atom is -0.468 e. The molecular weight excluding hydrogens is 324 g/mol. The van der Waals surface area contributed by atoms with Gasteiger partial charge in [0.25, 0.3) is 0 Å². The van der Waals surface area contributed by atoms with Crippen LogP contribution < -0.4 is 5.32 Å². The summed E-state index contributed by atoms with van der Waals surface area (Å²) in [7, 11) is 2.72. The van der Waals surface area contributed by atoms with E-state index in [1.807, 2.05) is 19.1 Å². The minimum absolute atomic E-state index is 0.278. The number of rotatable bonds is 5. The molecule has 0 radical (unpaired) electrons. The first kappa shape index (κ1) is 20.5. The van der Waals surface area contributed by atoms with E-state index in [4.69, 9.17) is 4.74 Å². The zero-order chi connectivity index (χ0) is 19.2. The van der Waals surface area contributed by atoms with Crippen molar-refractivity contribution < 1.29 is 23.9 Å². The van der Waals surface area contributed by atoms with Gasteiger partial charge < -0.3 is 14.8 Å². The fraction of sp³-hybridized carbons (Fsp3) is 0.500. The van der Waals surface area contributed by atoms with Gasteiger partial charge in [0.2, 0.25) is 5.91 Å². The van der Waals surface area contributed by atoms with Gasteiger partial charge in [-0.3, -0.25) is 14.5 Å². The van der Waals surface area contributed by atoms with Crippen molar-refractivity contribution in [2.24, 2.45) is 0 Å². The molecule has 0 saturated carbocycles. The monoisotopic (exact) mass is 350 g/mol. The van der Waals surface area contributed by atoms with Gasteiger partial charge in [-0.15, -0.1) is 0 Å². The summed E-state index contributed by atoms with van der Waals surface area (Å²) in [5, 5.41) is 2.48. The lowest BCUT2D eigenvalue weighted by molar-refractivity contribution is -0.141. The normalized spacial score (nSPS) is 12.1. The molecule has 0 aliphatic carbocycles. The van der Waals surface area contributed by atoms with Gasteiger partial charge in [0, 0.05) is 7.05 Å². The second kappa shape index (κ2) is 8.50. The molecule has 1 aromatic carbocycles. The summed E-state index contributed by atoms with van der Waals surface area (Å²) >= 11 is 0. The van der Waals surface area contributed by atoms with Gasteiger partial charge >= 0.3 is 12.1 Å². The molecule has 2 amide bonds. The average Bonchev–Trinajstić information content (AvgIpc) is 2.52. The van der Waals surface area contributed by atoms with Crippen molar-refractivity contribution in [3.8, 4) is 0 Å². The van der Waals surface area contributed by atoms with Crippen molar-refractivity contribution in [2.75, 3.05) is 20.7 Å². The lowest BCUT2D eigenvalue weighted by Gasteiger charge is -2.30. The van der Waals surface area contributed by atoms with E-state index in [1.165, 1.54) is 19.1 Å². The number of nitrogens with zero attached hydrogens (tertiary/aromatic N) is 1. The number of esters is 1. The number of hydrogen-bond acceptors (Lipinski definition) is 5. The Labute approximate surface area is 148 Å². The number of carbonyl (C=O) groups excluding carboxylic acids is 3. The van der Waals surface area contributed by atoms with Crippen LogP contribution in [0.4, 0.5) is 4.79 Å². The predicted octanol–water partition coefficient (Wildman–Crippen LogP) is 2.19. The highest BCUT2D eigenvalue weighted by Gasteiger charge is 2.31. The summed E-state index contributed by atoms with van der Waals surface area (Å²) in [6, 6.07) is 6.29. The van der Waals surface area contributed by atoms with Crippen LogP contribution in [0.1, 0.15) is 37.9 Å². The molecule has 0 aliphatic heterocycles. The zero-order valence-corrected chi connectivity index (χ0v) is 15.6. The molecule has 25 heavy (non-hydrogen) atoms. The maximum absolute atomic E-state index is 12.6. The highest BCUT2D eigenvalue weighted by Crippen LogP contribution is 2.22. The summed E-state index contributed by atoms with van der Waals surface area (Å²) in [6.45, 7) is 6.89. The number of benzene rings is 1. The van der Waals surface area contributed by atoms with E-state index < -0.39 is 29.6 Å². The largest absolute Gasteiger partial charge is 0.468 e. The van der Waals surface area contributed by atoms with Gasteiger partial charge in [0.15, 0.2) is 0 Å². The Morgan fingerprint density at radius 1 is 1.16 bits per heavy atom. The zero-order valence-electron chi connectivity index (χ0n) is 15.6. The van der Waals surface area contributed by atoms with E-state index >= 15 is 0 Å².